The van der Waals surface area contributed by atoms with Gasteiger partial charge in [-0.15, -0.1) is 0 Å². The fourth-order valence-corrected chi connectivity index (χ4v) is 2.92. The molecule has 0 atom stereocenters. The van der Waals surface area contributed by atoms with E-state index in [4.69, 9.17) is 18.7 Å². The maximum Gasteiger partial charge on any atom is 0.223 e. The molecule has 0 aliphatic carbocycles. The van der Waals surface area contributed by atoms with Gasteiger partial charge in [-0.25, -0.2) is 0 Å². The minimum Gasteiger partial charge on any atom is -0.493 e. The number of nitrogens with zero attached hydrogens (tertiary/aromatic N) is 2. The minimum absolute atomic E-state index is 0.390. The number of halogens is 1. The zero-order valence-electron chi connectivity index (χ0n) is 14.1. The molecule has 6 nitrogen and oxygen atoms in total. The molecule has 0 N–H and O–H groups in total. The van der Waals surface area contributed by atoms with E-state index in [0.29, 0.717) is 29.8 Å². The number of hydrogen-bond acceptors (Lipinski definition) is 6. The van der Waals surface area contributed by atoms with Crippen LogP contribution in [0.25, 0.3) is 11.4 Å². The van der Waals surface area contributed by atoms with E-state index in [1.807, 2.05) is 36.4 Å². The summed E-state index contributed by atoms with van der Waals surface area (Å²) in [6.45, 7) is 2.15. The van der Waals surface area contributed by atoms with Crippen molar-refractivity contribution in [2.45, 2.75) is 13.5 Å². The first kappa shape index (κ1) is 17.3. The van der Waals surface area contributed by atoms with Crippen molar-refractivity contribution in [3.05, 3.63) is 52.3 Å². The lowest BCUT2D eigenvalue weighted by Crippen LogP contribution is -1.99. The molecule has 0 amide bonds. The summed E-state index contributed by atoms with van der Waals surface area (Å²) in [4.78, 5) is 4.20. The Kier molecular flexibility index (Phi) is 5.23. The van der Waals surface area contributed by atoms with E-state index in [9.17, 15) is 0 Å². The molecule has 2 aromatic carbocycles. The van der Waals surface area contributed by atoms with E-state index in [0.717, 1.165) is 21.3 Å². The molecule has 0 unspecified atom stereocenters. The smallest absolute Gasteiger partial charge is 0.223 e. The van der Waals surface area contributed by atoms with Gasteiger partial charge in [-0.1, -0.05) is 11.2 Å². The van der Waals surface area contributed by atoms with Crippen LogP contribution in [0.5, 0.6) is 17.2 Å². The van der Waals surface area contributed by atoms with Crippen molar-refractivity contribution in [2.75, 3.05) is 14.2 Å². The quantitative estimate of drug-likeness (QED) is 0.606. The second-order valence-corrected chi connectivity index (χ2v) is 6.02. The molecule has 7 heteroatoms. The molecule has 3 rings (SSSR count). The summed E-state index contributed by atoms with van der Waals surface area (Å²) in [7, 11) is 3.21. The summed E-state index contributed by atoms with van der Waals surface area (Å²) in [6.07, 6.45) is 0. The number of aromatic nitrogens is 2. The van der Waals surface area contributed by atoms with Gasteiger partial charge in [0.25, 0.3) is 0 Å². The van der Waals surface area contributed by atoms with E-state index < -0.39 is 0 Å². The van der Waals surface area contributed by atoms with Crippen LogP contribution in [-0.2, 0) is 6.61 Å². The van der Waals surface area contributed by atoms with Crippen LogP contribution in [0.3, 0.4) is 0 Å². The number of methoxy groups -OCH3 is 2. The number of ether oxygens (including phenoxy) is 3. The summed E-state index contributed by atoms with van der Waals surface area (Å²) < 4.78 is 22.3. The predicted molar refractivity (Wildman–Crippen MR) is 96.0 cm³/mol. The zero-order chi connectivity index (χ0) is 17.8. The van der Waals surface area contributed by atoms with Gasteiger partial charge in [0.1, 0.15) is 12.4 Å². The Bertz CT molecular complexity index is 862. The van der Waals surface area contributed by atoms with Crippen LogP contribution < -0.4 is 14.2 Å². The zero-order valence-corrected chi connectivity index (χ0v) is 15.7. The van der Waals surface area contributed by atoms with E-state index in [2.05, 4.69) is 26.1 Å². The number of hydrogen-bond donors (Lipinski definition) is 0. The van der Waals surface area contributed by atoms with Gasteiger partial charge in [0, 0.05) is 18.1 Å². The Hall–Kier alpha value is -2.54. The van der Waals surface area contributed by atoms with Gasteiger partial charge in [-0.3, -0.25) is 0 Å². The Morgan fingerprint density at radius 2 is 1.80 bits per heavy atom. The molecule has 1 aromatic heterocycles. The molecule has 0 saturated carbocycles. The summed E-state index contributed by atoms with van der Waals surface area (Å²) in [6, 6.07) is 11.3. The third-order valence-electron chi connectivity index (χ3n) is 3.60. The molecule has 3 aromatic rings. The topological polar surface area (TPSA) is 66.6 Å². The van der Waals surface area contributed by atoms with E-state index in [1.54, 1.807) is 21.1 Å². The monoisotopic (exact) mass is 404 g/mol. The largest absolute Gasteiger partial charge is 0.493 e. The third-order valence-corrected chi connectivity index (χ3v) is 4.47. The van der Waals surface area contributed by atoms with E-state index in [-0.39, 0.29) is 0 Å². The lowest BCUT2D eigenvalue weighted by molar-refractivity contribution is 0.302. The van der Waals surface area contributed by atoms with Crippen LogP contribution in [0.1, 0.15) is 11.5 Å². The van der Waals surface area contributed by atoms with E-state index in [1.165, 1.54) is 0 Å². The van der Waals surface area contributed by atoms with Gasteiger partial charge < -0.3 is 18.7 Å². The fraction of sp³-hybridized carbons (Fsp3) is 0.222. The van der Waals surface area contributed by atoms with Crippen LogP contribution in [0.4, 0.5) is 0 Å². The molecule has 25 heavy (non-hydrogen) atoms. The Balaban J connectivity index is 1.72. The van der Waals surface area contributed by atoms with Crippen LogP contribution in [0.15, 0.2) is 45.4 Å². The Labute approximate surface area is 153 Å². The summed E-state index contributed by atoms with van der Waals surface area (Å²) in [5, 5.41) is 3.90. The van der Waals surface area contributed by atoms with Gasteiger partial charge in [0.15, 0.2) is 11.5 Å². The standard InChI is InChI=1S/C18H17BrN2O4/c1-11-20-18(21-25-11)12-4-7-14(8-5-12)24-10-13-6-9-15(22-2)17(23-3)16(13)19/h4-9H,10H2,1-3H3. The molecule has 0 spiro atoms. The molecule has 0 radical (unpaired) electrons. The average Bonchev–Trinajstić information content (AvgIpc) is 3.07. The third kappa shape index (κ3) is 3.76. The highest BCUT2D eigenvalue weighted by Crippen LogP contribution is 2.37. The van der Waals surface area contributed by atoms with Crippen molar-refractivity contribution in [1.29, 1.82) is 0 Å². The molecule has 0 fully saturated rings. The summed E-state index contributed by atoms with van der Waals surface area (Å²) in [5.74, 6) is 3.15. The molecule has 0 aliphatic rings. The van der Waals surface area contributed by atoms with Crippen LogP contribution in [-0.4, -0.2) is 24.4 Å². The second kappa shape index (κ2) is 7.57. The SMILES string of the molecule is COc1ccc(COc2ccc(-c3noc(C)n3)cc2)c(Br)c1OC. The van der Waals surface area contributed by atoms with Gasteiger partial charge in [-0.05, 0) is 46.3 Å². The van der Waals surface area contributed by atoms with Crippen LogP contribution in [0.2, 0.25) is 0 Å². The van der Waals surface area contributed by atoms with Crippen molar-refractivity contribution < 1.29 is 18.7 Å². The minimum atomic E-state index is 0.390. The fourth-order valence-electron chi connectivity index (χ4n) is 2.32. The normalized spacial score (nSPS) is 10.6. The number of rotatable bonds is 6. The number of aryl methyl sites for hydroxylation is 1. The first-order valence-corrected chi connectivity index (χ1v) is 8.34. The Morgan fingerprint density at radius 3 is 2.40 bits per heavy atom. The highest BCUT2D eigenvalue weighted by molar-refractivity contribution is 9.10. The number of benzene rings is 2. The summed E-state index contributed by atoms with van der Waals surface area (Å²) in [5.41, 5.74) is 1.83. The molecular formula is C18H17BrN2O4. The van der Waals surface area contributed by atoms with Crippen molar-refractivity contribution in [3.63, 3.8) is 0 Å². The average molecular weight is 405 g/mol. The van der Waals surface area contributed by atoms with Gasteiger partial charge in [0.2, 0.25) is 11.7 Å². The first-order chi connectivity index (χ1) is 12.1. The van der Waals surface area contributed by atoms with Crippen molar-refractivity contribution in [1.82, 2.24) is 10.1 Å². The predicted octanol–water partition coefficient (Wildman–Crippen LogP) is 4.40. The highest BCUT2D eigenvalue weighted by Gasteiger charge is 2.13. The Morgan fingerprint density at radius 1 is 1.04 bits per heavy atom. The van der Waals surface area contributed by atoms with Gasteiger partial charge >= 0.3 is 0 Å². The molecule has 0 aliphatic heterocycles. The summed E-state index contributed by atoms with van der Waals surface area (Å²) >= 11 is 3.54. The first-order valence-electron chi connectivity index (χ1n) is 7.55. The second-order valence-electron chi connectivity index (χ2n) is 5.22. The van der Waals surface area contributed by atoms with Crippen LogP contribution in [0, 0.1) is 6.92 Å². The maximum atomic E-state index is 5.85. The molecular weight excluding hydrogens is 388 g/mol. The van der Waals surface area contributed by atoms with Gasteiger partial charge in [0.05, 0.1) is 18.7 Å². The van der Waals surface area contributed by atoms with Crippen molar-refractivity contribution >= 4 is 15.9 Å². The van der Waals surface area contributed by atoms with Gasteiger partial charge in [-0.2, -0.15) is 4.98 Å². The highest BCUT2D eigenvalue weighted by atomic mass is 79.9. The lowest BCUT2D eigenvalue weighted by Gasteiger charge is -2.13. The van der Waals surface area contributed by atoms with E-state index >= 15 is 0 Å². The molecule has 0 bridgehead atoms. The lowest BCUT2D eigenvalue weighted by atomic mass is 10.2. The molecule has 0 saturated heterocycles. The molecule has 130 valence electrons. The van der Waals surface area contributed by atoms with Crippen molar-refractivity contribution in [2.24, 2.45) is 0 Å². The van der Waals surface area contributed by atoms with Crippen LogP contribution >= 0.6 is 15.9 Å². The molecule has 1 heterocycles. The van der Waals surface area contributed by atoms with Crippen molar-refractivity contribution in [3.8, 4) is 28.6 Å². The maximum absolute atomic E-state index is 5.85.